The smallest absolute Gasteiger partial charge is 0.339 e. The van der Waals surface area contributed by atoms with Crippen LogP contribution in [0.4, 0.5) is 5.69 Å². The molecular formula is C14H13BrN2O3. The van der Waals surface area contributed by atoms with Gasteiger partial charge in [-0.3, -0.25) is 4.98 Å². The van der Waals surface area contributed by atoms with Crippen LogP contribution in [0.2, 0.25) is 0 Å². The summed E-state index contributed by atoms with van der Waals surface area (Å²) >= 11 is 3.36. The van der Waals surface area contributed by atoms with E-state index in [1.54, 1.807) is 18.2 Å². The first kappa shape index (κ1) is 14.3. The van der Waals surface area contributed by atoms with E-state index in [1.807, 2.05) is 12.1 Å². The monoisotopic (exact) mass is 336 g/mol. The number of anilines is 1. The zero-order valence-corrected chi connectivity index (χ0v) is 12.4. The van der Waals surface area contributed by atoms with Crippen LogP contribution in [0.15, 0.2) is 41.0 Å². The van der Waals surface area contributed by atoms with Gasteiger partial charge in [0.25, 0.3) is 0 Å². The van der Waals surface area contributed by atoms with E-state index in [2.05, 4.69) is 25.7 Å². The Morgan fingerprint density at radius 1 is 1.35 bits per heavy atom. The molecular weight excluding hydrogens is 324 g/mol. The molecule has 2 aromatic rings. The third-order valence-corrected chi connectivity index (χ3v) is 3.46. The van der Waals surface area contributed by atoms with Gasteiger partial charge in [-0.1, -0.05) is 6.07 Å². The second kappa shape index (κ2) is 6.38. The molecule has 0 spiro atoms. The van der Waals surface area contributed by atoms with Crippen LogP contribution in [0, 0.1) is 0 Å². The van der Waals surface area contributed by atoms with Gasteiger partial charge in [0.05, 0.1) is 22.8 Å². The van der Waals surface area contributed by atoms with Crippen molar-refractivity contribution in [2.24, 2.45) is 0 Å². The molecule has 2 N–H and O–H groups in total. The third-order valence-electron chi connectivity index (χ3n) is 2.61. The molecule has 0 aliphatic rings. The second-order valence-electron chi connectivity index (χ2n) is 3.98. The molecule has 0 bridgehead atoms. The number of ether oxygens (including phenoxy) is 2. The molecule has 0 atom stereocenters. The summed E-state index contributed by atoms with van der Waals surface area (Å²) in [6.07, 6.45) is 1.46. The van der Waals surface area contributed by atoms with Gasteiger partial charge in [-0.05, 0) is 40.2 Å². The quantitative estimate of drug-likeness (QED) is 0.686. The molecule has 0 fully saturated rings. The molecule has 0 saturated carbocycles. The first-order chi connectivity index (χ1) is 9.61. The summed E-state index contributed by atoms with van der Waals surface area (Å²) in [6, 6.07) is 8.76. The summed E-state index contributed by atoms with van der Waals surface area (Å²) < 4.78 is 10.9. The highest BCUT2D eigenvalue weighted by Gasteiger charge is 2.07. The Hall–Kier alpha value is -2.08. The first-order valence-corrected chi connectivity index (χ1v) is 6.61. The number of nitrogens with two attached hydrogens (primary N) is 1. The summed E-state index contributed by atoms with van der Waals surface area (Å²) in [4.78, 5) is 15.4. The Kier molecular flexibility index (Phi) is 4.57. The van der Waals surface area contributed by atoms with Crippen molar-refractivity contribution in [3.63, 3.8) is 0 Å². The van der Waals surface area contributed by atoms with E-state index in [9.17, 15) is 4.79 Å². The average Bonchev–Trinajstić information content (AvgIpc) is 2.48. The molecule has 2 rings (SSSR count). The first-order valence-electron chi connectivity index (χ1n) is 5.82. The van der Waals surface area contributed by atoms with Crippen molar-refractivity contribution in [2.45, 2.75) is 6.61 Å². The minimum atomic E-state index is -0.413. The molecule has 20 heavy (non-hydrogen) atoms. The lowest BCUT2D eigenvalue weighted by molar-refractivity contribution is 0.0600. The van der Waals surface area contributed by atoms with Gasteiger partial charge in [0, 0.05) is 11.9 Å². The highest BCUT2D eigenvalue weighted by molar-refractivity contribution is 9.10. The van der Waals surface area contributed by atoms with E-state index in [0.29, 0.717) is 27.2 Å². The van der Waals surface area contributed by atoms with E-state index in [0.717, 1.165) is 0 Å². The summed E-state index contributed by atoms with van der Waals surface area (Å²) in [5.41, 5.74) is 7.48. The van der Waals surface area contributed by atoms with E-state index in [-0.39, 0.29) is 6.61 Å². The van der Waals surface area contributed by atoms with Crippen LogP contribution in [-0.2, 0) is 11.3 Å². The highest BCUT2D eigenvalue weighted by atomic mass is 79.9. The van der Waals surface area contributed by atoms with Gasteiger partial charge < -0.3 is 15.2 Å². The number of nitrogen functional groups attached to an aromatic ring is 1. The van der Waals surface area contributed by atoms with Crippen LogP contribution in [0.1, 0.15) is 16.1 Å². The number of hydrogen-bond acceptors (Lipinski definition) is 5. The lowest BCUT2D eigenvalue weighted by atomic mass is 10.2. The maximum Gasteiger partial charge on any atom is 0.339 e. The van der Waals surface area contributed by atoms with Gasteiger partial charge in [-0.25, -0.2) is 4.79 Å². The minimum absolute atomic E-state index is 0.281. The average molecular weight is 337 g/mol. The van der Waals surface area contributed by atoms with Crippen LogP contribution in [0.5, 0.6) is 5.75 Å². The van der Waals surface area contributed by atoms with Gasteiger partial charge in [0.1, 0.15) is 12.4 Å². The number of esters is 1. The number of nitrogens with zero attached hydrogens (tertiary/aromatic N) is 1. The fourth-order valence-corrected chi connectivity index (χ4v) is 1.92. The Bertz CT molecular complexity index is 614. The van der Waals surface area contributed by atoms with E-state index in [4.69, 9.17) is 10.5 Å². The predicted octanol–water partition coefficient (Wildman–Crippen LogP) is 2.79. The van der Waals surface area contributed by atoms with Crippen molar-refractivity contribution in [3.05, 3.63) is 52.3 Å². The van der Waals surface area contributed by atoms with Gasteiger partial charge in [-0.2, -0.15) is 0 Å². The number of aromatic nitrogens is 1. The maximum absolute atomic E-state index is 11.3. The molecule has 6 heteroatoms. The number of hydrogen-bond donors (Lipinski definition) is 1. The zero-order valence-electron chi connectivity index (χ0n) is 10.8. The Balaban J connectivity index is 2.04. The van der Waals surface area contributed by atoms with E-state index < -0.39 is 5.97 Å². The molecule has 0 aliphatic carbocycles. The SMILES string of the molecule is COC(=O)c1ccc(COc2cccc(N)c2Br)nc1. The van der Waals surface area contributed by atoms with Crippen LogP contribution < -0.4 is 10.5 Å². The fraction of sp³-hybridized carbons (Fsp3) is 0.143. The minimum Gasteiger partial charge on any atom is -0.486 e. The van der Waals surface area contributed by atoms with Gasteiger partial charge in [0.2, 0.25) is 0 Å². The van der Waals surface area contributed by atoms with Crippen molar-refractivity contribution in [3.8, 4) is 5.75 Å². The molecule has 1 aromatic carbocycles. The predicted molar refractivity (Wildman–Crippen MR) is 78.5 cm³/mol. The van der Waals surface area contributed by atoms with Crippen LogP contribution in [-0.4, -0.2) is 18.1 Å². The van der Waals surface area contributed by atoms with Crippen molar-refractivity contribution in [2.75, 3.05) is 12.8 Å². The summed E-state index contributed by atoms with van der Waals surface area (Å²) in [7, 11) is 1.33. The van der Waals surface area contributed by atoms with Crippen molar-refractivity contribution < 1.29 is 14.3 Å². The highest BCUT2D eigenvalue weighted by Crippen LogP contribution is 2.30. The number of carbonyl (C=O) groups is 1. The van der Waals surface area contributed by atoms with Gasteiger partial charge in [-0.15, -0.1) is 0 Å². The van der Waals surface area contributed by atoms with E-state index >= 15 is 0 Å². The Morgan fingerprint density at radius 3 is 2.80 bits per heavy atom. The third kappa shape index (κ3) is 3.27. The maximum atomic E-state index is 11.3. The Morgan fingerprint density at radius 2 is 2.15 bits per heavy atom. The van der Waals surface area contributed by atoms with Crippen LogP contribution in [0.3, 0.4) is 0 Å². The summed E-state index contributed by atoms with van der Waals surface area (Å²) in [6.45, 7) is 0.281. The van der Waals surface area contributed by atoms with Crippen LogP contribution >= 0.6 is 15.9 Å². The summed E-state index contributed by atoms with van der Waals surface area (Å²) in [5, 5.41) is 0. The zero-order chi connectivity index (χ0) is 14.5. The lowest BCUT2D eigenvalue weighted by Gasteiger charge is -2.09. The molecule has 1 heterocycles. The molecule has 0 radical (unpaired) electrons. The largest absolute Gasteiger partial charge is 0.486 e. The number of halogens is 1. The molecule has 1 aromatic heterocycles. The summed E-state index contributed by atoms with van der Waals surface area (Å²) in [5.74, 6) is 0.229. The van der Waals surface area contributed by atoms with Crippen molar-refractivity contribution in [1.82, 2.24) is 4.98 Å². The number of pyridine rings is 1. The number of benzene rings is 1. The molecule has 104 valence electrons. The second-order valence-corrected chi connectivity index (χ2v) is 4.77. The normalized spacial score (nSPS) is 10.1. The van der Waals surface area contributed by atoms with Gasteiger partial charge in [0.15, 0.2) is 0 Å². The number of carbonyl (C=O) groups excluding carboxylic acids is 1. The standard InChI is InChI=1S/C14H13BrN2O3/c1-19-14(18)9-5-6-10(17-7-9)8-20-12-4-2-3-11(16)13(12)15/h2-7H,8,16H2,1H3. The van der Waals surface area contributed by atoms with Crippen molar-refractivity contribution >= 4 is 27.6 Å². The van der Waals surface area contributed by atoms with Crippen LogP contribution in [0.25, 0.3) is 0 Å². The number of rotatable bonds is 4. The Labute approximate surface area is 124 Å². The molecule has 5 nitrogen and oxygen atoms in total. The van der Waals surface area contributed by atoms with Gasteiger partial charge >= 0.3 is 5.97 Å². The fourth-order valence-electron chi connectivity index (χ4n) is 1.54. The molecule has 0 amide bonds. The lowest BCUT2D eigenvalue weighted by Crippen LogP contribution is -2.04. The molecule has 0 unspecified atom stereocenters. The molecule has 0 aliphatic heterocycles. The topological polar surface area (TPSA) is 74.4 Å². The van der Waals surface area contributed by atoms with Crippen molar-refractivity contribution in [1.29, 1.82) is 0 Å². The van der Waals surface area contributed by atoms with E-state index in [1.165, 1.54) is 13.3 Å². The number of methoxy groups -OCH3 is 1. The molecule has 0 saturated heterocycles.